The van der Waals surface area contributed by atoms with Gasteiger partial charge in [0.1, 0.15) is 0 Å². The van der Waals surface area contributed by atoms with Crippen LogP contribution in [0.5, 0.6) is 0 Å². The second kappa shape index (κ2) is 6.87. The molecule has 1 atom stereocenters. The van der Waals surface area contributed by atoms with Crippen molar-refractivity contribution in [1.29, 1.82) is 0 Å². The van der Waals surface area contributed by atoms with E-state index in [1.165, 1.54) is 24.3 Å². The van der Waals surface area contributed by atoms with Gasteiger partial charge in [-0.1, -0.05) is 24.3 Å². The molecule has 7 heteroatoms. The van der Waals surface area contributed by atoms with E-state index in [9.17, 15) is 17.4 Å². The molecule has 2 nitrogen and oxygen atoms in total. The first-order valence-electron chi connectivity index (χ1n) is 5.26. The maximum atomic E-state index is 12.4. The molecule has 0 fully saturated rings. The van der Waals surface area contributed by atoms with Gasteiger partial charge in [-0.2, -0.15) is 13.2 Å². The Labute approximate surface area is 138 Å². The van der Waals surface area contributed by atoms with Gasteiger partial charge in [0.2, 0.25) is 0 Å². The fourth-order valence-corrected chi connectivity index (χ4v) is 2.06. The average Bonchev–Trinajstić information content (AvgIpc) is 2.38. The van der Waals surface area contributed by atoms with Gasteiger partial charge in [0.15, 0.2) is 11.1 Å². The zero-order valence-electron chi connectivity index (χ0n) is 9.52. The van der Waals surface area contributed by atoms with Crippen LogP contribution in [0, 0.1) is 0 Å². The van der Waals surface area contributed by atoms with Crippen LogP contribution in [-0.4, -0.2) is 38.3 Å². The van der Waals surface area contributed by atoms with E-state index in [0.29, 0.717) is 11.1 Å². The Hall–Kier alpha value is -0.660. The molecule has 1 unspecified atom stereocenters. The summed E-state index contributed by atoms with van der Waals surface area (Å²) in [5, 5.41) is 0. The van der Waals surface area contributed by atoms with Crippen LogP contribution in [0.4, 0.5) is 13.2 Å². The Balaban J connectivity index is 0.00000200. The molecule has 0 saturated carbocycles. The third-order valence-corrected chi connectivity index (χ3v) is 3.24. The van der Waals surface area contributed by atoms with Crippen LogP contribution in [-0.2, 0) is 17.3 Å². The number of halogens is 3. The van der Waals surface area contributed by atoms with Crippen molar-refractivity contribution in [3.8, 4) is 11.1 Å². The minimum absolute atomic E-state index is 0. The van der Waals surface area contributed by atoms with Crippen molar-refractivity contribution in [3.05, 3.63) is 54.1 Å². The zero-order chi connectivity index (χ0) is 14.0. The van der Waals surface area contributed by atoms with Crippen molar-refractivity contribution in [2.45, 2.75) is 11.1 Å². The van der Waals surface area contributed by atoms with Crippen LogP contribution in [0.1, 0.15) is 5.56 Å². The van der Waals surface area contributed by atoms with Crippen LogP contribution < -0.4 is 0 Å². The molecular weight excluding hydrogens is 300 g/mol. The summed E-state index contributed by atoms with van der Waals surface area (Å²) in [6.07, 6.45) is -4.37. The number of rotatable bonds is 2. The van der Waals surface area contributed by atoms with E-state index in [1.54, 1.807) is 12.1 Å². The van der Waals surface area contributed by atoms with E-state index in [4.69, 9.17) is 4.55 Å². The predicted molar refractivity (Wildman–Crippen MR) is 73.1 cm³/mol. The van der Waals surface area contributed by atoms with Crippen molar-refractivity contribution in [3.63, 3.8) is 0 Å². The van der Waals surface area contributed by atoms with Gasteiger partial charge in [0.25, 0.3) is 0 Å². The SMILES string of the molecule is O=S(O)c1cccc(-c2ccc(C(F)(F)F)cc2)c1.[NaH]. The van der Waals surface area contributed by atoms with Crippen LogP contribution in [0.2, 0.25) is 0 Å². The van der Waals surface area contributed by atoms with E-state index in [1.807, 2.05) is 0 Å². The van der Waals surface area contributed by atoms with Gasteiger partial charge in [0, 0.05) is 0 Å². The Morgan fingerprint density at radius 1 is 0.950 bits per heavy atom. The molecule has 0 aliphatic carbocycles. The van der Waals surface area contributed by atoms with E-state index < -0.39 is 22.8 Å². The summed E-state index contributed by atoms with van der Waals surface area (Å²) in [7, 11) is 0. The standard InChI is InChI=1S/C13H9F3O2S.Na.H/c14-13(15,16)11-6-4-9(5-7-11)10-2-1-3-12(8-10)19(17)18;;/h1-8H,(H,17,18);;. The molecule has 0 radical (unpaired) electrons. The number of alkyl halides is 3. The molecule has 0 heterocycles. The molecule has 0 aliphatic rings. The van der Waals surface area contributed by atoms with E-state index in [-0.39, 0.29) is 34.5 Å². The molecule has 102 valence electrons. The molecule has 20 heavy (non-hydrogen) atoms. The van der Waals surface area contributed by atoms with Gasteiger partial charge in [-0.15, -0.1) is 0 Å². The van der Waals surface area contributed by atoms with Crippen LogP contribution >= 0.6 is 0 Å². The Kier molecular flexibility index (Phi) is 5.97. The fraction of sp³-hybridized carbons (Fsp3) is 0.0769. The number of hydrogen-bond donors (Lipinski definition) is 1. The van der Waals surface area contributed by atoms with E-state index in [0.717, 1.165) is 12.1 Å². The first-order valence-corrected chi connectivity index (χ1v) is 6.37. The summed E-state index contributed by atoms with van der Waals surface area (Å²) in [5.41, 5.74) is 0.423. The monoisotopic (exact) mass is 310 g/mol. The summed E-state index contributed by atoms with van der Waals surface area (Å²) in [6.45, 7) is 0. The first kappa shape index (κ1) is 17.4. The molecule has 0 aromatic heterocycles. The number of benzene rings is 2. The van der Waals surface area contributed by atoms with E-state index in [2.05, 4.69) is 0 Å². The topological polar surface area (TPSA) is 37.3 Å². The number of hydrogen-bond acceptors (Lipinski definition) is 1. The average molecular weight is 310 g/mol. The van der Waals surface area contributed by atoms with E-state index >= 15 is 0 Å². The summed E-state index contributed by atoms with van der Waals surface area (Å²) >= 11 is -2.11. The van der Waals surface area contributed by atoms with Gasteiger partial charge in [0.05, 0.1) is 10.5 Å². The van der Waals surface area contributed by atoms with Gasteiger partial charge in [-0.05, 0) is 35.4 Å². The second-order valence-corrected chi connectivity index (χ2v) is 4.82. The Morgan fingerprint density at radius 3 is 2.05 bits per heavy atom. The fourth-order valence-electron chi connectivity index (χ4n) is 1.64. The quantitative estimate of drug-likeness (QED) is 0.682. The predicted octanol–water partition coefficient (Wildman–Crippen LogP) is 3.30. The molecule has 2 rings (SSSR count). The third kappa shape index (κ3) is 4.17. The molecular formula is C13H10F3NaO2S. The van der Waals surface area contributed by atoms with Gasteiger partial charge < -0.3 is 4.55 Å². The molecule has 2 aromatic carbocycles. The van der Waals surface area contributed by atoms with Gasteiger partial charge in [-0.3, -0.25) is 0 Å². The molecule has 0 bridgehead atoms. The van der Waals surface area contributed by atoms with Crippen LogP contribution in [0.25, 0.3) is 11.1 Å². The van der Waals surface area contributed by atoms with Gasteiger partial charge in [-0.25, -0.2) is 4.21 Å². The molecule has 0 aliphatic heterocycles. The molecule has 0 saturated heterocycles. The zero-order valence-corrected chi connectivity index (χ0v) is 10.3. The molecule has 0 amide bonds. The normalized spacial score (nSPS) is 12.6. The summed E-state index contributed by atoms with van der Waals surface area (Å²) in [5.74, 6) is 0. The van der Waals surface area contributed by atoms with Crippen molar-refractivity contribution >= 4 is 40.6 Å². The molecule has 1 N–H and O–H groups in total. The van der Waals surface area contributed by atoms with Crippen LogP contribution in [0.3, 0.4) is 0 Å². The summed E-state index contributed by atoms with van der Waals surface area (Å²) in [4.78, 5) is 0.206. The Bertz CT molecular complexity index is 612. The van der Waals surface area contributed by atoms with Gasteiger partial charge >= 0.3 is 35.7 Å². The first-order chi connectivity index (χ1) is 8.88. The Morgan fingerprint density at radius 2 is 1.55 bits per heavy atom. The molecule has 2 aromatic rings. The summed E-state index contributed by atoms with van der Waals surface area (Å²) < 4.78 is 57.2. The van der Waals surface area contributed by atoms with Crippen molar-refractivity contribution < 1.29 is 21.9 Å². The third-order valence-electron chi connectivity index (χ3n) is 2.58. The summed E-state index contributed by atoms with van der Waals surface area (Å²) in [6, 6.07) is 10.8. The van der Waals surface area contributed by atoms with Crippen molar-refractivity contribution in [2.75, 3.05) is 0 Å². The second-order valence-electron chi connectivity index (χ2n) is 3.85. The maximum absolute atomic E-state index is 12.4. The molecule has 0 spiro atoms. The van der Waals surface area contributed by atoms with Crippen LogP contribution in [0.15, 0.2) is 53.4 Å². The van der Waals surface area contributed by atoms with Crippen molar-refractivity contribution in [1.82, 2.24) is 0 Å². The minimum atomic E-state index is -4.37. The van der Waals surface area contributed by atoms with Crippen molar-refractivity contribution in [2.24, 2.45) is 0 Å².